The average molecular weight is 362 g/mol. The number of rotatable bonds is 3. The van der Waals surface area contributed by atoms with Gasteiger partial charge in [0.05, 0.1) is 5.69 Å². The summed E-state index contributed by atoms with van der Waals surface area (Å²) in [4.78, 5) is 16.8. The first-order valence-corrected chi connectivity index (χ1v) is 8.17. The van der Waals surface area contributed by atoms with Gasteiger partial charge in [-0.05, 0) is 24.6 Å². The molecule has 3 N–H and O–H groups in total. The summed E-state index contributed by atoms with van der Waals surface area (Å²) < 4.78 is 0. The molecule has 1 aliphatic heterocycles. The van der Waals surface area contributed by atoms with Crippen LogP contribution in [0.2, 0.25) is 0 Å². The average Bonchev–Trinajstić information content (AvgIpc) is 2.62. The van der Waals surface area contributed by atoms with Gasteiger partial charge in [-0.25, -0.2) is 0 Å². The quantitative estimate of drug-likeness (QED) is 0.880. The normalized spacial score (nSPS) is 16.7. The number of aromatic hydroxyl groups is 1. The maximum Gasteiger partial charge on any atom is 0.247 e. The molecule has 1 fully saturated rings. The predicted octanol–water partition coefficient (Wildman–Crippen LogP) is 2.34. The van der Waals surface area contributed by atoms with Crippen molar-refractivity contribution in [3.05, 3.63) is 60.2 Å². The first-order valence-electron chi connectivity index (χ1n) is 8.17. The van der Waals surface area contributed by atoms with Crippen LogP contribution in [0.25, 0.3) is 0 Å². The zero-order valence-corrected chi connectivity index (χ0v) is 15.1. The molecule has 2 aromatic carbocycles. The first-order chi connectivity index (χ1) is 11.5. The van der Waals surface area contributed by atoms with E-state index in [4.69, 9.17) is 5.73 Å². The molecule has 1 atom stereocenters. The highest BCUT2D eigenvalue weighted by Crippen LogP contribution is 2.28. The van der Waals surface area contributed by atoms with Crippen LogP contribution in [0.1, 0.15) is 12.5 Å². The summed E-state index contributed by atoms with van der Waals surface area (Å²) in [6, 6.07) is 16.7. The van der Waals surface area contributed by atoms with E-state index < -0.39 is 5.54 Å². The van der Waals surface area contributed by atoms with Gasteiger partial charge in [0, 0.05) is 26.2 Å². The van der Waals surface area contributed by atoms with Crippen LogP contribution in [-0.4, -0.2) is 42.1 Å². The monoisotopic (exact) mass is 361 g/mol. The van der Waals surface area contributed by atoms with E-state index in [0.717, 1.165) is 11.3 Å². The number of halogens is 1. The second-order valence-electron chi connectivity index (χ2n) is 6.34. The van der Waals surface area contributed by atoms with Gasteiger partial charge in [-0.3, -0.25) is 4.79 Å². The third kappa shape index (κ3) is 3.89. The molecule has 3 rings (SSSR count). The van der Waals surface area contributed by atoms with E-state index in [-0.39, 0.29) is 24.1 Å². The number of anilines is 1. The molecular formula is C19H24ClN3O2. The van der Waals surface area contributed by atoms with Crippen molar-refractivity contribution >= 4 is 24.0 Å². The second kappa shape index (κ2) is 7.76. The van der Waals surface area contributed by atoms with Crippen LogP contribution in [0, 0.1) is 0 Å². The van der Waals surface area contributed by atoms with Gasteiger partial charge >= 0.3 is 0 Å². The highest BCUT2D eigenvalue weighted by atomic mass is 35.5. The van der Waals surface area contributed by atoms with Crippen LogP contribution in [0.3, 0.4) is 0 Å². The number of nitrogens with two attached hydrogens (primary N) is 1. The number of phenols is 1. The summed E-state index contributed by atoms with van der Waals surface area (Å²) in [5, 5.41) is 9.97. The van der Waals surface area contributed by atoms with Crippen molar-refractivity contribution in [1.29, 1.82) is 0 Å². The molecule has 1 saturated heterocycles. The third-order valence-electron chi connectivity index (χ3n) is 4.61. The largest absolute Gasteiger partial charge is 0.506 e. The van der Waals surface area contributed by atoms with E-state index in [1.165, 1.54) is 0 Å². The van der Waals surface area contributed by atoms with Crippen molar-refractivity contribution in [2.24, 2.45) is 5.73 Å². The van der Waals surface area contributed by atoms with E-state index in [2.05, 4.69) is 4.90 Å². The van der Waals surface area contributed by atoms with Crippen molar-refractivity contribution in [1.82, 2.24) is 4.90 Å². The summed E-state index contributed by atoms with van der Waals surface area (Å²) in [6.45, 7) is 4.29. The molecule has 2 aromatic rings. The van der Waals surface area contributed by atoms with Crippen LogP contribution in [0.15, 0.2) is 54.6 Å². The van der Waals surface area contributed by atoms with Crippen LogP contribution >= 0.6 is 12.4 Å². The lowest BCUT2D eigenvalue weighted by molar-refractivity contribution is -0.137. The second-order valence-corrected chi connectivity index (χ2v) is 6.34. The van der Waals surface area contributed by atoms with Crippen LogP contribution in [0.5, 0.6) is 5.75 Å². The molecule has 0 radical (unpaired) electrons. The summed E-state index contributed by atoms with van der Waals surface area (Å²) in [5.41, 5.74) is 6.93. The summed E-state index contributed by atoms with van der Waals surface area (Å²) in [5.74, 6) is 0.204. The molecule has 1 aliphatic rings. The van der Waals surface area contributed by atoms with Crippen LogP contribution < -0.4 is 10.6 Å². The number of carbonyl (C=O) groups is 1. The molecule has 0 saturated carbocycles. The lowest BCUT2D eigenvalue weighted by Crippen LogP contribution is -2.56. The number of carbonyl (C=O) groups excluding carboxylic acids is 1. The zero-order chi connectivity index (χ0) is 17.2. The first kappa shape index (κ1) is 19.1. The van der Waals surface area contributed by atoms with Gasteiger partial charge in [-0.15, -0.1) is 12.4 Å². The van der Waals surface area contributed by atoms with Gasteiger partial charge in [0.15, 0.2) is 0 Å². The minimum atomic E-state index is -1.03. The molecule has 0 spiro atoms. The van der Waals surface area contributed by atoms with Gasteiger partial charge in [0.1, 0.15) is 11.3 Å². The Bertz CT molecular complexity index is 714. The SMILES string of the molecule is CC(N)(C(=O)N1CCN(c2ccccc2O)CC1)c1ccccc1.Cl. The Morgan fingerprint density at radius 2 is 1.56 bits per heavy atom. The molecule has 1 amide bonds. The third-order valence-corrected chi connectivity index (χ3v) is 4.61. The number of phenolic OH excluding ortho intramolecular Hbond substituents is 1. The Morgan fingerprint density at radius 1 is 1.00 bits per heavy atom. The molecule has 0 aliphatic carbocycles. The minimum absolute atomic E-state index is 0. The van der Waals surface area contributed by atoms with Gasteiger partial charge in [-0.1, -0.05) is 42.5 Å². The summed E-state index contributed by atoms with van der Waals surface area (Å²) in [6.07, 6.45) is 0. The Morgan fingerprint density at radius 3 is 2.16 bits per heavy atom. The Hall–Kier alpha value is -2.24. The Balaban J connectivity index is 0.00000225. The van der Waals surface area contributed by atoms with Gasteiger partial charge in [-0.2, -0.15) is 0 Å². The molecule has 25 heavy (non-hydrogen) atoms. The van der Waals surface area contributed by atoms with Crippen molar-refractivity contribution in [2.45, 2.75) is 12.5 Å². The molecule has 6 heteroatoms. The smallest absolute Gasteiger partial charge is 0.247 e. The van der Waals surface area contributed by atoms with Gasteiger partial charge in [0.2, 0.25) is 5.91 Å². The minimum Gasteiger partial charge on any atom is -0.506 e. The lowest BCUT2D eigenvalue weighted by Gasteiger charge is -2.39. The molecular weight excluding hydrogens is 338 g/mol. The molecule has 0 bridgehead atoms. The van der Waals surface area contributed by atoms with E-state index in [0.29, 0.717) is 26.2 Å². The fraction of sp³-hybridized carbons (Fsp3) is 0.316. The number of para-hydroxylation sites is 2. The van der Waals surface area contributed by atoms with Crippen molar-refractivity contribution in [3.63, 3.8) is 0 Å². The molecule has 5 nitrogen and oxygen atoms in total. The highest BCUT2D eigenvalue weighted by Gasteiger charge is 2.35. The summed E-state index contributed by atoms with van der Waals surface area (Å²) >= 11 is 0. The van der Waals surface area contributed by atoms with Gasteiger partial charge in [0.25, 0.3) is 0 Å². The van der Waals surface area contributed by atoms with Crippen LogP contribution in [-0.2, 0) is 10.3 Å². The number of benzene rings is 2. The number of hydrogen-bond acceptors (Lipinski definition) is 4. The number of amides is 1. The summed E-state index contributed by atoms with van der Waals surface area (Å²) in [7, 11) is 0. The highest BCUT2D eigenvalue weighted by molar-refractivity contribution is 5.87. The van der Waals surface area contributed by atoms with Crippen molar-refractivity contribution < 1.29 is 9.90 Å². The maximum absolute atomic E-state index is 12.9. The fourth-order valence-electron chi connectivity index (χ4n) is 3.12. The molecule has 134 valence electrons. The van der Waals surface area contributed by atoms with E-state index in [1.807, 2.05) is 47.4 Å². The molecule has 1 unspecified atom stereocenters. The Labute approximate surface area is 154 Å². The number of nitrogens with zero attached hydrogens (tertiary/aromatic N) is 2. The number of piperazine rings is 1. The standard InChI is InChI=1S/C19H23N3O2.ClH/c1-19(20,15-7-3-2-4-8-15)18(24)22-13-11-21(12-14-22)16-9-5-6-10-17(16)23;/h2-10,23H,11-14,20H2,1H3;1H. The fourth-order valence-corrected chi connectivity index (χ4v) is 3.12. The molecule has 0 aromatic heterocycles. The topological polar surface area (TPSA) is 69.8 Å². The number of hydrogen-bond donors (Lipinski definition) is 2. The maximum atomic E-state index is 12.9. The molecule has 1 heterocycles. The Kier molecular flexibility index (Phi) is 5.93. The zero-order valence-electron chi connectivity index (χ0n) is 14.3. The van der Waals surface area contributed by atoms with E-state index in [1.54, 1.807) is 19.1 Å². The van der Waals surface area contributed by atoms with Crippen LogP contribution in [0.4, 0.5) is 5.69 Å². The van der Waals surface area contributed by atoms with E-state index >= 15 is 0 Å². The lowest BCUT2D eigenvalue weighted by atomic mass is 9.91. The van der Waals surface area contributed by atoms with Crippen molar-refractivity contribution in [3.8, 4) is 5.75 Å². The van der Waals surface area contributed by atoms with E-state index in [9.17, 15) is 9.90 Å². The van der Waals surface area contributed by atoms with Gasteiger partial charge < -0.3 is 20.6 Å². The van der Waals surface area contributed by atoms with Crippen molar-refractivity contribution in [2.75, 3.05) is 31.1 Å². The predicted molar refractivity (Wildman–Crippen MR) is 102 cm³/mol.